The summed E-state index contributed by atoms with van der Waals surface area (Å²) in [4.78, 5) is 30.7. The number of carboxylic acid groups (broad SMARTS) is 1. The van der Waals surface area contributed by atoms with Crippen LogP contribution < -0.4 is 10.2 Å². The topological polar surface area (TPSA) is 82.0 Å². The number of thioether (sulfide) groups is 1. The Labute approximate surface area is 186 Å². The number of anilines is 1. The molecule has 2 N–H and O–H groups in total. The molecule has 2 aromatic rings. The summed E-state index contributed by atoms with van der Waals surface area (Å²) in [5.74, 6) is -1.03. The number of fused-ring (bicyclic) bond motifs is 1. The van der Waals surface area contributed by atoms with E-state index in [0.29, 0.717) is 27.4 Å². The van der Waals surface area contributed by atoms with E-state index in [1.807, 2.05) is 6.08 Å². The van der Waals surface area contributed by atoms with Gasteiger partial charge in [0.2, 0.25) is 0 Å². The summed E-state index contributed by atoms with van der Waals surface area (Å²) in [7, 11) is 0. The number of rotatable bonds is 5. The molecule has 2 aliphatic rings. The largest absolute Gasteiger partial charge is 0.481 e. The van der Waals surface area contributed by atoms with Gasteiger partial charge in [-0.1, -0.05) is 18.2 Å². The molecular formula is C24H25N3O3S. The number of amidine groups is 1. The summed E-state index contributed by atoms with van der Waals surface area (Å²) in [5, 5.41) is 12.2. The van der Waals surface area contributed by atoms with Gasteiger partial charge in [-0.3, -0.25) is 9.59 Å². The number of amides is 1. The van der Waals surface area contributed by atoms with Crippen LogP contribution in [0.25, 0.3) is 6.08 Å². The van der Waals surface area contributed by atoms with E-state index in [2.05, 4.69) is 47.3 Å². The average Bonchev–Trinajstić information content (AvgIpc) is 3.07. The van der Waals surface area contributed by atoms with Gasteiger partial charge in [0, 0.05) is 18.3 Å². The van der Waals surface area contributed by atoms with Gasteiger partial charge in [0.15, 0.2) is 5.17 Å². The Kier molecular flexibility index (Phi) is 6.13. The van der Waals surface area contributed by atoms with E-state index in [0.717, 1.165) is 24.9 Å². The number of aliphatic imine (C=N–C) groups is 1. The number of carbonyl (C=O) groups is 2. The van der Waals surface area contributed by atoms with Crippen molar-refractivity contribution in [2.45, 2.75) is 39.2 Å². The standard InChI is InChI=1S/C24H25N3O3S/c1-15(2)27-11-3-4-18-12-17(7-10-20(18)27)13-21-23(30)26-24(31-21)25-19-8-5-16(6-9-19)14-22(28)29/h5-10,12-13,15H,3-4,11,14H2,1-2H3,(H,28,29)(H,25,26,30). The van der Waals surface area contributed by atoms with Gasteiger partial charge in [0.1, 0.15) is 0 Å². The summed E-state index contributed by atoms with van der Waals surface area (Å²) >= 11 is 1.31. The summed E-state index contributed by atoms with van der Waals surface area (Å²) in [6.07, 6.45) is 4.08. The maximum Gasteiger partial charge on any atom is 0.307 e. The Morgan fingerprint density at radius 1 is 1.26 bits per heavy atom. The van der Waals surface area contributed by atoms with Crippen LogP contribution in [0.3, 0.4) is 0 Å². The van der Waals surface area contributed by atoms with Crippen molar-refractivity contribution in [1.82, 2.24) is 5.32 Å². The summed E-state index contributed by atoms with van der Waals surface area (Å²) < 4.78 is 0. The number of benzene rings is 2. The van der Waals surface area contributed by atoms with E-state index < -0.39 is 5.97 Å². The minimum absolute atomic E-state index is 0.0229. The fourth-order valence-corrected chi connectivity index (χ4v) is 4.73. The monoisotopic (exact) mass is 435 g/mol. The number of aryl methyl sites for hydroxylation is 1. The lowest BCUT2D eigenvalue weighted by molar-refractivity contribution is -0.136. The smallest absolute Gasteiger partial charge is 0.307 e. The highest BCUT2D eigenvalue weighted by Gasteiger charge is 2.24. The molecule has 2 heterocycles. The molecule has 31 heavy (non-hydrogen) atoms. The number of nitrogens with one attached hydrogen (secondary N) is 1. The molecule has 0 spiro atoms. The minimum atomic E-state index is -0.869. The van der Waals surface area contributed by atoms with Crippen LogP contribution in [0.1, 0.15) is 37.0 Å². The Bertz CT molecular complexity index is 1070. The first-order valence-electron chi connectivity index (χ1n) is 10.4. The molecule has 2 aromatic carbocycles. The zero-order chi connectivity index (χ0) is 22.0. The Hall–Kier alpha value is -3.06. The molecule has 0 aromatic heterocycles. The van der Waals surface area contributed by atoms with Crippen molar-refractivity contribution in [3.05, 3.63) is 64.1 Å². The summed E-state index contributed by atoms with van der Waals surface area (Å²) in [6.45, 7) is 5.51. The van der Waals surface area contributed by atoms with Crippen molar-refractivity contribution < 1.29 is 14.7 Å². The third-order valence-corrected chi connectivity index (χ3v) is 6.26. The molecule has 1 fully saturated rings. The lowest BCUT2D eigenvalue weighted by atomic mass is 9.98. The molecule has 4 rings (SSSR count). The number of hydrogen-bond acceptors (Lipinski definition) is 5. The van der Waals surface area contributed by atoms with Gasteiger partial charge in [-0.15, -0.1) is 0 Å². The van der Waals surface area contributed by atoms with Crippen molar-refractivity contribution in [3.63, 3.8) is 0 Å². The zero-order valence-electron chi connectivity index (χ0n) is 17.6. The predicted octanol–water partition coefficient (Wildman–Crippen LogP) is 4.37. The highest BCUT2D eigenvalue weighted by molar-refractivity contribution is 8.18. The molecule has 0 bridgehead atoms. The number of carbonyl (C=O) groups excluding carboxylic acids is 1. The second-order valence-corrected chi connectivity index (χ2v) is 9.03. The number of nitrogens with zero attached hydrogens (tertiary/aromatic N) is 2. The first-order chi connectivity index (χ1) is 14.9. The van der Waals surface area contributed by atoms with Crippen LogP contribution in [0.2, 0.25) is 0 Å². The van der Waals surface area contributed by atoms with Gasteiger partial charge in [-0.25, -0.2) is 4.99 Å². The first-order valence-corrected chi connectivity index (χ1v) is 11.2. The number of hydrogen-bond donors (Lipinski definition) is 2. The van der Waals surface area contributed by atoms with Gasteiger partial charge in [-0.05, 0) is 85.5 Å². The SMILES string of the molecule is CC(C)N1CCCc2cc(C=C3SC(=Nc4ccc(CC(=O)O)cc4)NC3=O)ccc21. The van der Waals surface area contributed by atoms with Crippen molar-refractivity contribution in [2.24, 2.45) is 4.99 Å². The van der Waals surface area contributed by atoms with E-state index in [-0.39, 0.29) is 12.3 Å². The van der Waals surface area contributed by atoms with Gasteiger partial charge >= 0.3 is 5.97 Å². The van der Waals surface area contributed by atoms with Crippen LogP contribution >= 0.6 is 11.8 Å². The van der Waals surface area contributed by atoms with Crippen LogP contribution in [-0.4, -0.2) is 34.7 Å². The van der Waals surface area contributed by atoms with Gasteiger partial charge in [-0.2, -0.15) is 0 Å². The minimum Gasteiger partial charge on any atom is -0.481 e. The highest BCUT2D eigenvalue weighted by atomic mass is 32.2. The average molecular weight is 436 g/mol. The molecule has 0 radical (unpaired) electrons. The molecule has 0 atom stereocenters. The van der Waals surface area contributed by atoms with Crippen molar-refractivity contribution in [2.75, 3.05) is 11.4 Å². The molecule has 0 unspecified atom stereocenters. The Morgan fingerprint density at radius 2 is 2.03 bits per heavy atom. The first kappa shape index (κ1) is 21.2. The maximum absolute atomic E-state index is 12.4. The van der Waals surface area contributed by atoms with E-state index in [1.54, 1.807) is 24.3 Å². The fraction of sp³-hybridized carbons (Fsp3) is 0.292. The van der Waals surface area contributed by atoms with Crippen LogP contribution in [0.15, 0.2) is 52.4 Å². The van der Waals surface area contributed by atoms with Crippen LogP contribution in [0.5, 0.6) is 0 Å². The molecule has 7 heteroatoms. The molecular weight excluding hydrogens is 410 g/mol. The van der Waals surface area contributed by atoms with Crippen molar-refractivity contribution in [3.8, 4) is 0 Å². The van der Waals surface area contributed by atoms with Gasteiger partial charge in [0.25, 0.3) is 5.91 Å². The lowest BCUT2D eigenvalue weighted by Crippen LogP contribution is -2.35. The number of carboxylic acids is 1. The third-order valence-electron chi connectivity index (χ3n) is 5.35. The highest BCUT2D eigenvalue weighted by Crippen LogP contribution is 2.32. The molecule has 160 valence electrons. The van der Waals surface area contributed by atoms with E-state index in [4.69, 9.17) is 5.11 Å². The zero-order valence-corrected chi connectivity index (χ0v) is 18.4. The van der Waals surface area contributed by atoms with Crippen LogP contribution in [0.4, 0.5) is 11.4 Å². The normalized spacial score (nSPS) is 18.5. The summed E-state index contributed by atoms with van der Waals surface area (Å²) in [6, 6.07) is 13.9. The van der Waals surface area contributed by atoms with Crippen molar-refractivity contribution >= 4 is 46.3 Å². The number of aliphatic carboxylic acids is 1. The summed E-state index contributed by atoms with van der Waals surface area (Å²) in [5.41, 5.74) is 5.01. The molecule has 2 aliphatic heterocycles. The molecule has 0 aliphatic carbocycles. The lowest BCUT2D eigenvalue weighted by Gasteiger charge is -2.34. The Morgan fingerprint density at radius 3 is 2.74 bits per heavy atom. The van der Waals surface area contributed by atoms with Crippen LogP contribution in [0, 0.1) is 0 Å². The van der Waals surface area contributed by atoms with Gasteiger partial charge in [0.05, 0.1) is 17.0 Å². The molecule has 0 saturated carbocycles. The molecule has 1 saturated heterocycles. The fourth-order valence-electron chi connectivity index (χ4n) is 3.88. The quantitative estimate of drug-likeness (QED) is 0.682. The van der Waals surface area contributed by atoms with Gasteiger partial charge < -0.3 is 15.3 Å². The molecule has 6 nitrogen and oxygen atoms in total. The van der Waals surface area contributed by atoms with E-state index in [9.17, 15) is 9.59 Å². The van der Waals surface area contributed by atoms with Crippen molar-refractivity contribution in [1.29, 1.82) is 0 Å². The maximum atomic E-state index is 12.4. The van der Waals surface area contributed by atoms with Crippen LogP contribution in [-0.2, 0) is 22.4 Å². The Balaban J connectivity index is 1.50. The predicted molar refractivity (Wildman–Crippen MR) is 126 cm³/mol. The second kappa shape index (κ2) is 8.98. The van der Waals surface area contributed by atoms with E-state index in [1.165, 1.54) is 23.0 Å². The molecule has 1 amide bonds. The second-order valence-electron chi connectivity index (χ2n) is 8.00. The third kappa shape index (κ3) is 4.99. The van der Waals surface area contributed by atoms with E-state index >= 15 is 0 Å².